The second-order valence-corrected chi connectivity index (χ2v) is 6.50. The first kappa shape index (κ1) is 17.9. The Morgan fingerprint density at radius 3 is 2.81 bits per heavy atom. The summed E-state index contributed by atoms with van der Waals surface area (Å²) in [7, 11) is 1.52. The topological polar surface area (TPSA) is 99.8 Å². The van der Waals surface area contributed by atoms with Crippen molar-refractivity contribution in [1.29, 1.82) is 0 Å². The van der Waals surface area contributed by atoms with E-state index < -0.39 is 6.09 Å². The number of carbonyl (C=O) groups is 2. The summed E-state index contributed by atoms with van der Waals surface area (Å²) in [5.74, 6) is 0.670. The smallest absolute Gasteiger partial charge is 0.407 e. The zero-order chi connectivity index (χ0) is 18.7. The average Bonchev–Trinajstić information content (AvgIpc) is 3.08. The van der Waals surface area contributed by atoms with Gasteiger partial charge in [-0.25, -0.2) is 4.79 Å². The molecule has 1 aromatic heterocycles. The number of benzene rings is 1. The molecule has 0 unspecified atom stereocenters. The summed E-state index contributed by atoms with van der Waals surface area (Å²) in [5, 5.41) is 12.9. The van der Waals surface area contributed by atoms with Crippen molar-refractivity contribution >= 4 is 12.0 Å². The van der Waals surface area contributed by atoms with Crippen molar-refractivity contribution in [2.24, 2.45) is 0 Å². The Labute approximate surface area is 151 Å². The summed E-state index contributed by atoms with van der Waals surface area (Å²) in [4.78, 5) is 31.6. The van der Waals surface area contributed by atoms with E-state index in [0.717, 1.165) is 19.3 Å². The molecule has 2 heterocycles. The van der Waals surface area contributed by atoms with Gasteiger partial charge in [0.15, 0.2) is 5.82 Å². The van der Waals surface area contributed by atoms with Crippen molar-refractivity contribution in [3.8, 4) is 11.5 Å². The number of rotatable bonds is 4. The third-order valence-corrected chi connectivity index (χ3v) is 4.61. The molecule has 0 saturated carbocycles. The third kappa shape index (κ3) is 3.68. The van der Waals surface area contributed by atoms with E-state index in [1.54, 1.807) is 30.0 Å². The van der Waals surface area contributed by atoms with Gasteiger partial charge in [0, 0.05) is 26.2 Å². The van der Waals surface area contributed by atoms with E-state index in [1.807, 2.05) is 6.07 Å². The van der Waals surface area contributed by atoms with Gasteiger partial charge in [-0.1, -0.05) is 17.3 Å². The normalized spacial score (nSPS) is 17.2. The van der Waals surface area contributed by atoms with Crippen LogP contribution < -0.4 is 0 Å². The maximum Gasteiger partial charge on any atom is 0.407 e. The van der Waals surface area contributed by atoms with Crippen LogP contribution in [0.3, 0.4) is 0 Å². The summed E-state index contributed by atoms with van der Waals surface area (Å²) >= 11 is 0. The highest BCUT2D eigenvalue weighted by molar-refractivity contribution is 6.00. The Kier molecular flexibility index (Phi) is 5.20. The molecule has 3 rings (SSSR count). The minimum atomic E-state index is -0.996. The van der Waals surface area contributed by atoms with Crippen LogP contribution in [-0.2, 0) is 0 Å². The van der Waals surface area contributed by atoms with Crippen LogP contribution in [0, 0.1) is 6.92 Å². The maximum absolute atomic E-state index is 13.2. The summed E-state index contributed by atoms with van der Waals surface area (Å²) < 4.78 is 5.23. The number of likely N-dealkylation sites (N-methyl/N-ethyl adjacent to an activating group) is 1. The van der Waals surface area contributed by atoms with E-state index in [1.165, 1.54) is 11.9 Å². The van der Waals surface area contributed by atoms with Gasteiger partial charge >= 0.3 is 6.09 Å². The number of aromatic nitrogens is 2. The second kappa shape index (κ2) is 7.55. The Hall–Kier alpha value is -2.90. The number of hydrogen-bond donors (Lipinski definition) is 1. The summed E-state index contributed by atoms with van der Waals surface area (Å²) in [6.07, 6.45) is 1.67. The van der Waals surface area contributed by atoms with Gasteiger partial charge in [-0.05, 0) is 38.3 Å². The first-order valence-corrected chi connectivity index (χ1v) is 8.62. The molecule has 0 bridgehead atoms. The zero-order valence-electron chi connectivity index (χ0n) is 14.9. The van der Waals surface area contributed by atoms with Crippen molar-refractivity contribution in [2.45, 2.75) is 32.2 Å². The predicted octanol–water partition coefficient (Wildman–Crippen LogP) is 2.65. The summed E-state index contributed by atoms with van der Waals surface area (Å²) in [6, 6.07) is 6.99. The lowest BCUT2D eigenvalue weighted by Crippen LogP contribution is -2.49. The van der Waals surface area contributed by atoms with Crippen LogP contribution in [0.25, 0.3) is 11.5 Å². The number of piperidine rings is 1. The van der Waals surface area contributed by atoms with Crippen LogP contribution in [0.15, 0.2) is 28.8 Å². The first-order chi connectivity index (χ1) is 12.5. The molecule has 0 spiro atoms. The lowest BCUT2D eigenvalue weighted by Gasteiger charge is -2.37. The Bertz CT molecular complexity index is 804. The highest BCUT2D eigenvalue weighted by atomic mass is 16.5. The fraction of sp³-hybridized carbons (Fsp3) is 0.444. The molecule has 0 radical (unpaired) electrons. The standard InChI is InChI=1S/C18H22N4O4/c1-12-19-16(26-20-12)14-8-3-4-9-15(14)17(23)22-10-6-5-7-13(22)11-21(2)18(24)25/h3-4,8-9,13H,5-7,10-11H2,1-2H3,(H,24,25)/t13-/m0/s1. The van der Waals surface area contributed by atoms with Crippen LogP contribution >= 0.6 is 0 Å². The van der Waals surface area contributed by atoms with Gasteiger partial charge in [0.25, 0.3) is 11.8 Å². The lowest BCUT2D eigenvalue weighted by atomic mass is 9.98. The molecule has 1 atom stereocenters. The summed E-state index contributed by atoms with van der Waals surface area (Å²) in [6.45, 7) is 2.62. The molecular weight excluding hydrogens is 336 g/mol. The molecule has 26 heavy (non-hydrogen) atoms. The molecule has 8 heteroatoms. The van der Waals surface area contributed by atoms with E-state index >= 15 is 0 Å². The number of likely N-dealkylation sites (tertiary alicyclic amines) is 1. The molecule has 1 fully saturated rings. The minimum absolute atomic E-state index is 0.139. The van der Waals surface area contributed by atoms with Crippen LogP contribution in [-0.4, -0.2) is 63.2 Å². The molecule has 1 aliphatic rings. The number of aryl methyl sites for hydroxylation is 1. The van der Waals surface area contributed by atoms with Gasteiger partial charge in [0.2, 0.25) is 0 Å². The van der Waals surface area contributed by atoms with E-state index in [-0.39, 0.29) is 11.9 Å². The number of carboxylic acid groups (broad SMARTS) is 1. The van der Waals surface area contributed by atoms with Crippen LogP contribution in [0.2, 0.25) is 0 Å². The van der Waals surface area contributed by atoms with Gasteiger partial charge in [-0.15, -0.1) is 0 Å². The van der Waals surface area contributed by atoms with E-state index in [4.69, 9.17) is 9.63 Å². The molecule has 1 N–H and O–H groups in total. The van der Waals surface area contributed by atoms with E-state index in [2.05, 4.69) is 10.1 Å². The van der Waals surface area contributed by atoms with Gasteiger partial charge in [-0.3, -0.25) is 4.79 Å². The fourth-order valence-electron chi connectivity index (χ4n) is 3.27. The summed E-state index contributed by atoms with van der Waals surface area (Å²) in [5.41, 5.74) is 1.08. The predicted molar refractivity (Wildman–Crippen MR) is 93.8 cm³/mol. The number of amides is 2. The van der Waals surface area contributed by atoms with Crippen molar-refractivity contribution in [3.63, 3.8) is 0 Å². The molecule has 2 amide bonds. The highest BCUT2D eigenvalue weighted by Gasteiger charge is 2.31. The SMILES string of the molecule is Cc1noc(-c2ccccc2C(=O)N2CCCC[C@H]2CN(C)C(=O)O)n1. The van der Waals surface area contributed by atoms with Crippen LogP contribution in [0.4, 0.5) is 4.79 Å². The third-order valence-electron chi connectivity index (χ3n) is 4.61. The minimum Gasteiger partial charge on any atom is -0.465 e. The van der Waals surface area contributed by atoms with Crippen molar-refractivity contribution in [3.05, 3.63) is 35.7 Å². The molecule has 2 aromatic rings. The fourth-order valence-corrected chi connectivity index (χ4v) is 3.27. The Morgan fingerprint density at radius 2 is 2.12 bits per heavy atom. The van der Waals surface area contributed by atoms with Crippen molar-refractivity contribution in [2.75, 3.05) is 20.1 Å². The number of hydrogen-bond acceptors (Lipinski definition) is 5. The molecular formula is C18H22N4O4. The van der Waals surface area contributed by atoms with Gasteiger partial charge in [0.1, 0.15) is 0 Å². The molecule has 138 valence electrons. The zero-order valence-corrected chi connectivity index (χ0v) is 14.9. The van der Waals surface area contributed by atoms with Gasteiger partial charge in [-0.2, -0.15) is 4.98 Å². The second-order valence-electron chi connectivity index (χ2n) is 6.50. The molecule has 8 nitrogen and oxygen atoms in total. The Morgan fingerprint density at radius 1 is 1.35 bits per heavy atom. The molecule has 1 saturated heterocycles. The largest absolute Gasteiger partial charge is 0.465 e. The quantitative estimate of drug-likeness (QED) is 0.902. The average molecular weight is 358 g/mol. The van der Waals surface area contributed by atoms with Crippen molar-refractivity contribution in [1.82, 2.24) is 19.9 Å². The highest BCUT2D eigenvalue weighted by Crippen LogP contribution is 2.26. The van der Waals surface area contributed by atoms with Crippen LogP contribution in [0.1, 0.15) is 35.4 Å². The maximum atomic E-state index is 13.2. The van der Waals surface area contributed by atoms with Gasteiger partial charge < -0.3 is 19.4 Å². The van der Waals surface area contributed by atoms with E-state index in [9.17, 15) is 9.59 Å². The van der Waals surface area contributed by atoms with Gasteiger partial charge in [0.05, 0.1) is 11.1 Å². The Balaban J connectivity index is 1.89. The van der Waals surface area contributed by atoms with Crippen LogP contribution in [0.5, 0.6) is 0 Å². The molecule has 1 aliphatic heterocycles. The number of carbonyl (C=O) groups excluding carboxylic acids is 1. The molecule has 1 aromatic carbocycles. The molecule has 0 aliphatic carbocycles. The number of nitrogens with zero attached hydrogens (tertiary/aromatic N) is 4. The van der Waals surface area contributed by atoms with E-state index in [0.29, 0.717) is 35.9 Å². The lowest BCUT2D eigenvalue weighted by molar-refractivity contribution is 0.0557. The van der Waals surface area contributed by atoms with Crippen molar-refractivity contribution < 1.29 is 19.2 Å². The monoisotopic (exact) mass is 358 g/mol. The first-order valence-electron chi connectivity index (χ1n) is 8.62.